The fraction of sp³-hybridized carbons (Fsp3) is 0.261. The molecule has 31 heavy (non-hydrogen) atoms. The molecule has 0 spiro atoms. The van der Waals surface area contributed by atoms with Gasteiger partial charge in [-0.2, -0.15) is 0 Å². The second-order valence-electron chi connectivity index (χ2n) is 8.02. The highest BCUT2D eigenvalue weighted by Gasteiger charge is 2.39. The number of hydrogen-bond donors (Lipinski definition) is 2. The molecule has 158 valence electrons. The number of anilines is 1. The molecule has 2 N–H and O–H groups in total. The topological polar surface area (TPSA) is 90.0 Å². The van der Waals surface area contributed by atoms with Gasteiger partial charge in [0.2, 0.25) is 11.8 Å². The Labute approximate surface area is 183 Å². The van der Waals surface area contributed by atoms with Crippen molar-refractivity contribution in [2.24, 2.45) is 0 Å². The van der Waals surface area contributed by atoms with E-state index in [-0.39, 0.29) is 24.0 Å². The zero-order valence-electron chi connectivity index (χ0n) is 16.6. The predicted molar refractivity (Wildman–Crippen MR) is 116 cm³/mol. The van der Waals surface area contributed by atoms with Crippen LogP contribution in [-0.4, -0.2) is 40.3 Å². The molecule has 1 saturated heterocycles. The van der Waals surface area contributed by atoms with Gasteiger partial charge in [-0.25, -0.2) is 0 Å². The number of aliphatic hydroxyl groups excluding tert-OH is 1. The van der Waals surface area contributed by atoms with E-state index in [1.807, 2.05) is 18.2 Å². The van der Waals surface area contributed by atoms with Crippen LogP contribution in [0.4, 0.5) is 5.69 Å². The Morgan fingerprint density at radius 3 is 2.71 bits per heavy atom. The first-order valence-electron chi connectivity index (χ1n) is 10.1. The van der Waals surface area contributed by atoms with Crippen LogP contribution in [0.25, 0.3) is 5.76 Å². The van der Waals surface area contributed by atoms with Gasteiger partial charge in [0.15, 0.2) is 0 Å². The lowest BCUT2D eigenvalue weighted by Crippen LogP contribution is -2.52. The summed E-state index contributed by atoms with van der Waals surface area (Å²) < 4.78 is 0. The average molecular weight is 438 g/mol. The standard InChI is InChI=1S/C23H20ClN3O4/c24-15-2-4-17-19(10-15)26(8-7-20(17)28)11-13-1-3-16-14(9-13)12-27(23(16)31)18-5-6-21(29)25-22(18)30/h1-4,7,9-10,18,28H,5-6,8,11-12H2,(H,25,29,30). The van der Waals surface area contributed by atoms with Gasteiger partial charge in [-0.15, -0.1) is 0 Å². The molecule has 2 aromatic rings. The Balaban J connectivity index is 1.37. The van der Waals surface area contributed by atoms with Crippen molar-refractivity contribution in [2.45, 2.75) is 32.0 Å². The third-order valence-electron chi connectivity index (χ3n) is 6.04. The molecule has 5 rings (SSSR count). The van der Waals surface area contributed by atoms with Gasteiger partial charge in [-0.05, 0) is 47.9 Å². The van der Waals surface area contributed by atoms with Crippen LogP contribution in [0, 0.1) is 0 Å². The molecule has 0 aliphatic carbocycles. The van der Waals surface area contributed by atoms with Crippen LogP contribution in [0.3, 0.4) is 0 Å². The number of halogens is 1. The zero-order valence-corrected chi connectivity index (χ0v) is 17.4. The van der Waals surface area contributed by atoms with Crippen LogP contribution >= 0.6 is 11.6 Å². The second kappa shape index (κ2) is 7.42. The minimum atomic E-state index is -0.620. The van der Waals surface area contributed by atoms with Gasteiger partial charge >= 0.3 is 0 Å². The predicted octanol–water partition coefficient (Wildman–Crippen LogP) is 3.02. The smallest absolute Gasteiger partial charge is 0.255 e. The Morgan fingerprint density at radius 2 is 1.90 bits per heavy atom. The van der Waals surface area contributed by atoms with E-state index in [9.17, 15) is 19.5 Å². The minimum absolute atomic E-state index is 0.181. The third-order valence-corrected chi connectivity index (χ3v) is 6.28. The molecule has 7 nitrogen and oxygen atoms in total. The molecule has 0 bridgehead atoms. The van der Waals surface area contributed by atoms with Gasteiger partial charge in [0.25, 0.3) is 5.91 Å². The number of piperidine rings is 1. The molecular weight excluding hydrogens is 418 g/mol. The van der Waals surface area contributed by atoms with Gasteiger partial charge in [-0.1, -0.05) is 23.7 Å². The van der Waals surface area contributed by atoms with Crippen LogP contribution in [0.15, 0.2) is 42.5 Å². The number of amides is 3. The first-order valence-corrected chi connectivity index (χ1v) is 10.5. The van der Waals surface area contributed by atoms with Crippen molar-refractivity contribution in [1.82, 2.24) is 10.2 Å². The zero-order chi connectivity index (χ0) is 21.7. The van der Waals surface area contributed by atoms with Crippen LogP contribution < -0.4 is 10.2 Å². The highest BCUT2D eigenvalue weighted by atomic mass is 35.5. The van der Waals surface area contributed by atoms with Crippen LogP contribution in [0.2, 0.25) is 5.02 Å². The molecule has 3 heterocycles. The van der Waals surface area contributed by atoms with E-state index in [4.69, 9.17) is 11.6 Å². The number of carbonyl (C=O) groups is 3. The van der Waals surface area contributed by atoms with E-state index in [0.29, 0.717) is 36.6 Å². The normalized spacial score (nSPS) is 20.4. The highest BCUT2D eigenvalue weighted by molar-refractivity contribution is 6.31. The molecule has 0 aromatic heterocycles. The van der Waals surface area contributed by atoms with E-state index >= 15 is 0 Å². The van der Waals surface area contributed by atoms with Crippen molar-refractivity contribution in [3.63, 3.8) is 0 Å². The molecule has 1 fully saturated rings. The van der Waals surface area contributed by atoms with Crippen molar-refractivity contribution < 1.29 is 19.5 Å². The lowest BCUT2D eigenvalue weighted by molar-refractivity contribution is -0.136. The summed E-state index contributed by atoms with van der Waals surface area (Å²) in [5.41, 5.74) is 4.06. The third kappa shape index (κ3) is 3.45. The maximum atomic E-state index is 12.9. The summed E-state index contributed by atoms with van der Waals surface area (Å²) >= 11 is 6.17. The molecule has 0 radical (unpaired) electrons. The number of imide groups is 1. The summed E-state index contributed by atoms with van der Waals surface area (Å²) in [6.45, 7) is 1.46. The number of nitrogens with zero attached hydrogens (tertiary/aromatic N) is 2. The van der Waals surface area contributed by atoms with E-state index < -0.39 is 11.9 Å². The molecule has 3 aliphatic rings. The largest absolute Gasteiger partial charge is 0.508 e. The fourth-order valence-corrected chi connectivity index (χ4v) is 4.65. The SMILES string of the molecule is O=C1CCC(N2Cc3cc(CN4CC=C(O)c5ccc(Cl)cc54)ccc3C2=O)C(=O)N1. The van der Waals surface area contributed by atoms with Gasteiger partial charge in [0, 0.05) is 47.9 Å². The summed E-state index contributed by atoms with van der Waals surface area (Å²) in [6, 6.07) is 10.5. The van der Waals surface area contributed by atoms with Gasteiger partial charge in [0.05, 0.1) is 0 Å². The van der Waals surface area contributed by atoms with Gasteiger partial charge in [0.1, 0.15) is 11.8 Å². The first-order chi connectivity index (χ1) is 14.9. The number of rotatable bonds is 3. The molecule has 3 amide bonds. The Kier molecular flexibility index (Phi) is 4.70. The van der Waals surface area contributed by atoms with Crippen molar-refractivity contribution in [1.29, 1.82) is 0 Å². The van der Waals surface area contributed by atoms with E-state index in [0.717, 1.165) is 22.4 Å². The van der Waals surface area contributed by atoms with Gasteiger partial charge in [-0.3, -0.25) is 19.7 Å². The number of hydrogen-bond acceptors (Lipinski definition) is 5. The molecule has 1 unspecified atom stereocenters. The highest BCUT2D eigenvalue weighted by Crippen LogP contribution is 2.34. The summed E-state index contributed by atoms with van der Waals surface area (Å²) in [5, 5.41) is 13.1. The molecule has 8 heteroatoms. The number of carbonyl (C=O) groups excluding carboxylic acids is 3. The second-order valence-corrected chi connectivity index (χ2v) is 8.46. The summed E-state index contributed by atoms with van der Waals surface area (Å²) in [5.74, 6) is -0.651. The quantitative estimate of drug-likeness (QED) is 0.720. The molecule has 3 aliphatic heterocycles. The Hall–Kier alpha value is -3.32. The number of nitrogens with one attached hydrogen (secondary N) is 1. The Bertz CT molecular complexity index is 1160. The van der Waals surface area contributed by atoms with Crippen LogP contribution in [0.1, 0.15) is 39.9 Å². The van der Waals surface area contributed by atoms with Crippen molar-refractivity contribution in [3.05, 3.63) is 69.8 Å². The van der Waals surface area contributed by atoms with Gasteiger partial charge < -0.3 is 14.9 Å². The first kappa shape index (κ1) is 19.6. The molecule has 1 atom stereocenters. The average Bonchev–Trinajstić information content (AvgIpc) is 3.06. The monoisotopic (exact) mass is 437 g/mol. The molecule has 2 aromatic carbocycles. The fourth-order valence-electron chi connectivity index (χ4n) is 4.48. The van der Waals surface area contributed by atoms with Crippen molar-refractivity contribution in [3.8, 4) is 0 Å². The van der Waals surface area contributed by atoms with E-state index in [1.165, 1.54) is 0 Å². The lowest BCUT2D eigenvalue weighted by Gasteiger charge is -2.29. The van der Waals surface area contributed by atoms with E-state index in [2.05, 4.69) is 10.2 Å². The maximum Gasteiger partial charge on any atom is 0.255 e. The maximum absolute atomic E-state index is 12.9. The Morgan fingerprint density at radius 1 is 1.10 bits per heavy atom. The van der Waals surface area contributed by atoms with Crippen LogP contribution in [-0.2, 0) is 22.7 Å². The summed E-state index contributed by atoms with van der Waals surface area (Å²) in [7, 11) is 0. The molecular formula is C23H20ClN3O4. The van der Waals surface area contributed by atoms with E-state index in [1.54, 1.807) is 29.2 Å². The summed E-state index contributed by atoms with van der Waals surface area (Å²) in [6.07, 6.45) is 2.34. The summed E-state index contributed by atoms with van der Waals surface area (Å²) in [4.78, 5) is 40.2. The van der Waals surface area contributed by atoms with Crippen molar-refractivity contribution >= 4 is 40.8 Å². The number of fused-ring (bicyclic) bond motifs is 2. The number of benzene rings is 2. The molecule has 0 saturated carbocycles. The number of aliphatic hydroxyl groups is 1. The lowest BCUT2D eigenvalue weighted by atomic mass is 10.0. The van der Waals surface area contributed by atoms with Crippen molar-refractivity contribution in [2.75, 3.05) is 11.4 Å². The minimum Gasteiger partial charge on any atom is -0.508 e. The van der Waals surface area contributed by atoms with Crippen LogP contribution in [0.5, 0.6) is 0 Å².